The lowest BCUT2D eigenvalue weighted by Gasteiger charge is -2.31. The minimum absolute atomic E-state index is 0.0748. The molecule has 94 valence electrons. The van der Waals surface area contributed by atoms with Crippen molar-refractivity contribution < 1.29 is 14.9 Å². The highest BCUT2D eigenvalue weighted by molar-refractivity contribution is 4.93. The summed E-state index contributed by atoms with van der Waals surface area (Å²) in [6.07, 6.45) is 4.30. The molecule has 2 aliphatic rings. The average molecular weight is 229 g/mol. The Morgan fingerprint density at radius 3 is 2.56 bits per heavy atom. The third-order valence-corrected chi connectivity index (χ3v) is 4.05. The SMILES string of the molecule is CC1OCCC1(O)CNC1CCC(O)CC1. The van der Waals surface area contributed by atoms with Crippen LogP contribution in [0.4, 0.5) is 0 Å². The lowest BCUT2D eigenvalue weighted by atomic mass is 9.91. The average Bonchev–Trinajstić information content (AvgIpc) is 2.59. The van der Waals surface area contributed by atoms with Gasteiger partial charge in [0.05, 0.1) is 12.2 Å². The molecule has 2 fully saturated rings. The van der Waals surface area contributed by atoms with Gasteiger partial charge in [-0.25, -0.2) is 0 Å². The molecule has 4 nitrogen and oxygen atoms in total. The zero-order valence-electron chi connectivity index (χ0n) is 9.98. The lowest BCUT2D eigenvalue weighted by molar-refractivity contribution is -0.0290. The van der Waals surface area contributed by atoms with Crippen molar-refractivity contribution in [1.29, 1.82) is 0 Å². The molecule has 0 amide bonds. The monoisotopic (exact) mass is 229 g/mol. The lowest BCUT2D eigenvalue weighted by Crippen LogP contribution is -2.49. The van der Waals surface area contributed by atoms with Gasteiger partial charge >= 0.3 is 0 Å². The van der Waals surface area contributed by atoms with Crippen LogP contribution in [0.25, 0.3) is 0 Å². The van der Waals surface area contributed by atoms with Crippen LogP contribution in [0.1, 0.15) is 39.0 Å². The molecule has 2 rings (SSSR count). The maximum absolute atomic E-state index is 10.3. The second kappa shape index (κ2) is 5.00. The first-order valence-corrected chi connectivity index (χ1v) is 6.35. The largest absolute Gasteiger partial charge is 0.393 e. The van der Waals surface area contributed by atoms with Crippen molar-refractivity contribution in [3.63, 3.8) is 0 Å². The molecule has 1 saturated carbocycles. The van der Waals surface area contributed by atoms with Gasteiger partial charge < -0.3 is 20.3 Å². The predicted octanol–water partition coefficient (Wildman–Crippen LogP) is 0.419. The summed E-state index contributed by atoms with van der Waals surface area (Å²) in [4.78, 5) is 0. The van der Waals surface area contributed by atoms with Crippen LogP contribution in [0.2, 0.25) is 0 Å². The second-order valence-corrected chi connectivity index (χ2v) is 5.25. The summed E-state index contributed by atoms with van der Waals surface area (Å²) >= 11 is 0. The Bertz CT molecular complexity index is 228. The fourth-order valence-electron chi connectivity index (χ4n) is 2.60. The Balaban J connectivity index is 1.74. The highest BCUT2D eigenvalue weighted by Crippen LogP contribution is 2.26. The van der Waals surface area contributed by atoms with E-state index in [0.717, 1.165) is 32.1 Å². The minimum Gasteiger partial charge on any atom is -0.393 e. The van der Waals surface area contributed by atoms with Crippen molar-refractivity contribution in [2.45, 2.75) is 62.9 Å². The van der Waals surface area contributed by atoms with E-state index in [1.54, 1.807) is 0 Å². The van der Waals surface area contributed by atoms with Gasteiger partial charge in [0.25, 0.3) is 0 Å². The van der Waals surface area contributed by atoms with Gasteiger partial charge in [0, 0.05) is 25.6 Å². The van der Waals surface area contributed by atoms with Crippen molar-refractivity contribution in [3.8, 4) is 0 Å². The molecular formula is C12H23NO3. The number of hydrogen-bond donors (Lipinski definition) is 3. The molecule has 0 bridgehead atoms. The molecular weight excluding hydrogens is 206 g/mol. The Morgan fingerprint density at radius 1 is 1.31 bits per heavy atom. The molecule has 1 saturated heterocycles. The van der Waals surface area contributed by atoms with Crippen LogP contribution in [0.5, 0.6) is 0 Å². The van der Waals surface area contributed by atoms with E-state index in [1.165, 1.54) is 0 Å². The topological polar surface area (TPSA) is 61.7 Å². The summed E-state index contributed by atoms with van der Waals surface area (Å²) in [5.41, 5.74) is -0.698. The normalized spacial score (nSPS) is 44.8. The van der Waals surface area contributed by atoms with Gasteiger partial charge in [0.2, 0.25) is 0 Å². The maximum atomic E-state index is 10.3. The summed E-state index contributed by atoms with van der Waals surface area (Å²) < 4.78 is 5.40. The highest BCUT2D eigenvalue weighted by Gasteiger charge is 2.39. The third kappa shape index (κ3) is 2.74. The van der Waals surface area contributed by atoms with Crippen LogP contribution < -0.4 is 5.32 Å². The molecule has 1 aliphatic carbocycles. The zero-order valence-corrected chi connectivity index (χ0v) is 9.98. The first kappa shape index (κ1) is 12.3. The standard InChI is InChI=1S/C12H23NO3/c1-9-12(15,6-7-16-9)8-13-10-2-4-11(14)5-3-10/h9-11,13-15H,2-8H2,1H3. The first-order valence-electron chi connectivity index (χ1n) is 6.35. The van der Waals surface area contributed by atoms with E-state index in [9.17, 15) is 10.2 Å². The van der Waals surface area contributed by atoms with E-state index in [2.05, 4.69) is 5.32 Å². The molecule has 4 heteroatoms. The van der Waals surface area contributed by atoms with Crippen LogP contribution in [0.3, 0.4) is 0 Å². The molecule has 0 aromatic heterocycles. The zero-order chi connectivity index (χ0) is 11.6. The van der Waals surface area contributed by atoms with E-state index in [0.29, 0.717) is 19.2 Å². The Kier molecular flexibility index (Phi) is 3.85. The Labute approximate surface area is 97.0 Å². The van der Waals surface area contributed by atoms with Gasteiger partial charge in [-0.1, -0.05) is 0 Å². The summed E-state index contributed by atoms with van der Waals surface area (Å²) in [6.45, 7) is 3.19. The van der Waals surface area contributed by atoms with Crippen molar-refractivity contribution in [2.24, 2.45) is 0 Å². The predicted molar refractivity (Wildman–Crippen MR) is 61.2 cm³/mol. The summed E-state index contributed by atoms with van der Waals surface area (Å²) in [5.74, 6) is 0. The van der Waals surface area contributed by atoms with Gasteiger partial charge in [-0.15, -0.1) is 0 Å². The van der Waals surface area contributed by atoms with Crippen LogP contribution in [0, 0.1) is 0 Å². The fraction of sp³-hybridized carbons (Fsp3) is 1.00. The van der Waals surface area contributed by atoms with Crippen LogP contribution in [-0.2, 0) is 4.74 Å². The molecule has 0 spiro atoms. The van der Waals surface area contributed by atoms with Gasteiger partial charge in [0.1, 0.15) is 5.60 Å². The van der Waals surface area contributed by atoms with Crippen molar-refractivity contribution in [3.05, 3.63) is 0 Å². The molecule has 2 unspecified atom stereocenters. The van der Waals surface area contributed by atoms with Gasteiger partial charge in [-0.05, 0) is 32.6 Å². The molecule has 0 radical (unpaired) electrons. The Hall–Kier alpha value is -0.160. The maximum Gasteiger partial charge on any atom is 0.105 e. The molecule has 3 N–H and O–H groups in total. The van der Waals surface area contributed by atoms with E-state index in [1.807, 2.05) is 6.92 Å². The van der Waals surface area contributed by atoms with E-state index < -0.39 is 5.60 Å². The smallest absolute Gasteiger partial charge is 0.105 e. The summed E-state index contributed by atoms with van der Waals surface area (Å²) in [5, 5.41) is 23.1. The van der Waals surface area contributed by atoms with Crippen LogP contribution >= 0.6 is 0 Å². The number of nitrogens with one attached hydrogen (secondary N) is 1. The van der Waals surface area contributed by atoms with Gasteiger partial charge in [-0.2, -0.15) is 0 Å². The number of hydrogen-bond acceptors (Lipinski definition) is 4. The molecule has 1 aliphatic heterocycles. The quantitative estimate of drug-likeness (QED) is 0.656. The molecule has 1 heterocycles. The first-order chi connectivity index (χ1) is 7.60. The summed E-state index contributed by atoms with van der Waals surface area (Å²) in [7, 11) is 0. The number of aliphatic hydroxyl groups is 2. The number of ether oxygens (including phenoxy) is 1. The highest BCUT2D eigenvalue weighted by atomic mass is 16.5. The molecule has 0 aromatic carbocycles. The van der Waals surface area contributed by atoms with Crippen molar-refractivity contribution >= 4 is 0 Å². The molecule has 16 heavy (non-hydrogen) atoms. The van der Waals surface area contributed by atoms with Gasteiger partial charge in [-0.3, -0.25) is 0 Å². The van der Waals surface area contributed by atoms with Crippen LogP contribution in [-0.4, -0.2) is 47.2 Å². The van der Waals surface area contributed by atoms with E-state index in [-0.39, 0.29) is 12.2 Å². The number of aliphatic hydroxyl groups excluding tert-OH is 1. The molecule has 0 aromatic rings. The summed E-state index contributed by atoms with van der Waals surface area (Å²) in [6, 6.07) is 0.445. The van der Waals surface area contributed by atoms with E-state index in [4.69, 9.17) is 4.74 Å². The minimum atomic E-state index is -0.698. The van der Waals surface area contributed by atoms with Crippen LogP contribution in [0.15, 0.2) is 0 Å². The Morgan fingerprint density at radius 2 is 2.00 bits per heavy atom. The fourth-order valence-corrected chi connectivity index (χ4v) is 2.60. The molecule has 2 atom stereocenters. The second-order valence-electron chi connectivity index (χ2n) is 5.25. The number of rotatable bonds is 3. The van der Waals surface area contributed by atoms with Crippen molar-refractivity contribution in [2.75, 3.05) is 13.2 Å². The van der Waals surface area contributed by atoms with Gasteiger partial charge in [0.15, 0.2) is 0 Å². The third-order valence-electron chi connectivity index (χ3n) is 4.05. The van der Waals surface area contributed by atoms with E-state index >= 15 is 0 Å². The van der Waals surface area contributed by atoms with Crippen molar-refractivity contribution in [1.82, 2.24) is 5.32 Å².